The highest BCUT2D eigenvalue weighted by atomic mass is 127. The van der Waals surface area contributed by atoms with Crippen molar-refractivity contribution in [3.63, 3.8) is 0 Å². The topological polar surface area (TPSA) is 48.5 Å². The monoisotopic (exact) mass is 446 g/mol. The van der Waals surface area contributed by atoms with Crippen LogP contribution in [0.25, 0.3) is 0 Å². The lowest BCUT2D eigenvalue weighted by Gasteiger charge is -2.20. The average Bonchev–Trinajstić information content (AvgIpc) is 2.50. The third-order valence-corrected chi connectivity index (χ3v) is 3.47. The van der Waals surface area contributed by atoms with E-state index in [-0.39, 0.29) is 29.5 Å². The van der Waals surface area contributed by atoms with Crippen LogP contribution >= 0.6 is 24.0 Å². The summed E-state index contributed by atoms with van der Waals surface area (Å²) in [5.74, 6) is 0.906. The van der Waals surface area contributed by atoms with Gasteiger partial charge in [0.1, 0.15) is 0 Å². The highest BCUT2D eigenvalue weighted by molar-refractivity contribution is 14.0. The summed E-state index contributed by atoms with van der Waals surface area (Å²) in [6.07, 6.45) is 2.18. The van der Waals surface area contributed by atoms with Gasteiger partial charge >= 0.3 is 0 Å². The molecule has 0 aromatic heterocycles. The molecule has 0 heterocycles. The fourth-order valence-corrected chi connectivity index (χ4v) is 2.25. The van der Waals surface area contributed by atoms with E-state index in [1.54, 1.807) is 0 Å². The third kappa shape index (κ3) is 11.7. The lowest BCUT2D eigenvalue weighted by Crippen LogP contribution is -2.43. The Hall–Kier alpha value is -0.820. The van der Waals surface area contributed by atoms with Crippen LogP contribution in [0.5, 0.6) is 0 Å². The van der Waals surface area contributed by atoms with Gasteiger partial charge in [0.05, 0.1) is 6.54 Å². The van der Waals surface area contributed by atoms with Crippen molar-refractivity contribution in [2.75, 3.05) is 19.6 Å². The van der Waals surface area contributed by atoms with Crippen LogP contribution in [-0.2, 0) is 6.42 Å². The van der Waals surface area contributed by atoms with Crippen molar-refractivity contribution < 1.29 is 0 Å². The molecule has 5 heteroatoms. The molecule has 1 aromatic carbocycles. The molecule has 0 saturated carbocycles. The highest BCUT2D eigenvalue weighted by Gasteiger charge is 2.08. The second kappa shape index (κ2) is 12.5. The van der Waals surface area contributed by atoms with Crippen molar-refractivity contribution in [2.45, 2.75) is 59.0 Å². The number of benzene rings is 1. The Balaban J connectivity index is 0.00000529. The lowest BCUT2D eigenvalue weighted by molar-refractivity contribution is 0.432. The smallest absolute Gasteiger partial charge is 0.191 e. The Morgan fingerprint density at radius 3 is 2.42 bits per heavy atom. The molecule has 0 spiro atoms. The number of rotatable bonds is 8. The summed E-state index contributed by atoms with van der Waals surface area (Å²) < 4.78 is 0. The number of guanidine groups is 1. The van der Waals surface area contributed by atoms with Crippen LogP contribution in [-0.4, -0.2) is 37.2 Å². The molecule has 0 saturated heterocycles. The summed E-state index contributed by atoms with van der Waals surface area (Å²) >= 11 is 0. The number of hydrogen-bond donors (Lipinski definition) is 3. The molecule has 1 rings (SSSR count). The van der Waals surface area contributed by atoms with Gasteiger partial charge in [-0.2, -0.15) is 0 Å². The maximum atomic E-state index is 4.64. The van der Waals surface area contributed by atoms with Crippen LogP contribution in [0.1, 0.15) is 46.6 Å². The van der Waals surface area contributed by atoms with Gasteiger partial charge in [-0.05, 0) is 53.0 Å². The molecule has 4 nitrogen and oxygen atoms in total. The van der Waals surface area contributed by atoms with E-state index in [1.807, 2.05) is 0 Å². The summed E-state index contributed by atoms with van der Waals surface area (Å²) in [6, 6.07) is 11.0. The van der Waals surface area contributed by atoms with E-state index in [0.717, 1.165) is 38.4 Å². The second-order valence-corrected chi connectivity index (χ2v) is 7.01. The van der Waals surface area contributed by atoms with E-state index in [4.69, 9.17) is 0 Å². The third-order valence-electron chi connectivity index (χ3n) is 3.47. The molecule has 138 valence electrons. The van der Waals surface area contributed by atoms with E-state index in [2.05, 4.69) is 85.9 Å². The van der Waals surface area contributed by atoms with Crippen molar-refractivity contribution in [3.05, 3.63) is 35.9 Å². The zero-order valence-electron chi connectivity index (χ0n) is 15.9. The van der Waals surface area contributed by atoms with Crippen LogP contribution in [0.3, 0.4) is 0 Å². The van der Waals surface area contributed by atoms with Crippen molar-refractivity contribution >= 4 is 29.9 Å². The Labute approximate surface area is 165 Å². The van der Waals surface area contributed by atoms with Crippen LogP contribution in [0.4, 0.5) is 0 Å². The molecule has 0 amide bonds. The van der Waals surface area contributed by atoms with Crippen molar-refractivity contribution in [2.24, 2.45) is 4.99 Å². The molecular weight excluding hydrogens is 411 g/mol. The van der Waals surface area contributed by atoms with Crippen molar-refractivity contribution in [1.29, 1.82) is 0 Å². The number of nitrogens with one attached hydrogen (secondary N) is 3. The minimum Gasteiger partial charge on any atom is -0.357 e. The van der Waals surface area contributed by atoms with Crippen LogP contribution in [0, 0.1) is 0 Å². The molecule has 0 fully saturated rings. The molecule has 0 aliphatic rings. The van der Waals surface area contributed by atoms with Crippen LogP contribution in [0.15, 0.2) is 35.3 Å². The lowest BCUT2D eigenvalue weighted by atomic mass is 10.1. The first kappa shape index (κ1) is 23.2. The molecule has 1 atom stereocenters. The molecule has 1 unspecified atom stereocenters. The van der Waals surface area contributed by atoms with E-state index < -0.39 is 0 Å². The van der Waals surface area contributed by atoms with Crippen molar-refractivity contribution in [1.82, 2.24) is 16.0 Å². The Morgan fingerprint density at radius 2 is 1.83 bits per heavy atom. The van der Waals surface area contributed by atoms with Gasteiger partial charge in [0, 0.05) is 24.7 Å². The van der Waals surface area contributed by atoms with Gasteiger partial charge in [-0.3, -0.25) is 4.99 Å². The number of nitrogens with zero attached hydrogens (tertiary/aromatic N) is 1. The zero-order valence-corrected chi connectivity index (χ0v) is 18.2. The van der Waals surface area contributed by atoms with Crippen LogP contribution < -0.4 is 16.0 Å². The van der Waals surface area contributed by atoms with E-state index in [9.17, 15) is 0 Å². The van der Waals surface area contributed by atoms with Gasteiger partial charge in [0.2, 0.25) is 0 Å². The van der Waals surface area contributed by atoms with E-state index >= 15 is 0 Å². The summed E-state index contributed by atoms with van der Waals surface area (Å²) in [4.78, 5) is 4.64. The number of hydrogen-bond acceptors (Lipinski definition) is 2. The highest BCUT2D eigenvalue weighted by Crippen LogP contribution is 2.04. The van der Waals surface area contributed by atoms with Gasteiger partial charge in [0.15, 0.2) is 5.96 Å². The standard InChI is InChI=1S/C19H34N4.HI/c1-6-20-18(21-14-15-22-19(3,4)5)23-16(2)12-13-17-10-8-7-9-11-17;/h7-11,16,22H,6,12-15H2,1-5H3,(H2,20,21,23);1H. The van der Waals surface area contributed by atoms with Gasteiger partial charge in [-0.1, -0.05) is 30.3 Å². The maximum Gasteiger partial charge on any atom is 0.191 e. The summed E-state index contributed by atoms with van der Waals surface area (Å²) in [5.41, 5.74) is 1.53. The SMILES string of the molecule is CCNC(=NCCNC(C)(C)C)NC(C)CCc1ccccc1.I. The molecule has 3 N–H and O–H groups in total. The molecule has 0 bridgehead atoms. The predicted octanol–water partition coefficient (Wildman–Crippen LogP) is 3.57. The van der Waals surface area contributed by atoms with E-state index in [1.165, 1.54) is 5.56 Å². The fraction of sp³-hybridized carbons (Fsp3) is 0.632. The van der Waals surface area contributed by atoms with Gasteiger partial charge in [-0.15, -0.1) is 24.0 Å². The maximum absolute atomic E-state index is 4.64. The van der Waals surface area contributed by atoms with Crippen LogP contribution in [0.2, 0.25) is 0 Å². The summed E-state index contributed by atoms with van der Waals surface area (Å²) in [6.45, 7) is 13.4. The number of halogens is 1. The quantitative estimate of drug-likeness (QED) is 0.248. The van der Waals surface area contributed by atoms with Gasteiger partial charge in [0.25, 0.3) is 0 Å². The number of aryl methyl sites for hydroxylation is 1. The fourth-order valence-electron chi connectivity index (χ4n) is 2.25. The summed E-state index contributed by atoms with van der Waals surface area (Å²) in [5, 5.41) is 10.3. The minimum absolute atomic E-state index is 0. The molecule has 1 aromatic rings. The minimum atomic E-state index is 0. The van der Waals surface area contributed by atoms with Crippen molar-refractivity contribution in [3.8, 4) is 0 Å². The normalized spacial score (nSPS) is 13.1. The Kier molecular flexibility index (Phi) is 12.1. The van der Waals surface area contributed by atoms with Gasteiger partial charge in [-0.25, -0.2) is 0 Å². The Morgan fingerprint density at radius 1 is 1.17 bits per heavy atom. The first-order valence-corrected chi connectivity index (χ1v) is 8.74. The molecule has 0 radical (unpaired) electrons. The first-order chi connectivity index (χ1) is 10.9. The first-order valence-electron chi connectivity index (χ1n) is 8.74. The predicted molar refractivity (Wildman–Crippen MR) is 117 cm³/mol. The summed E-state index contributed by atoms with van der Waals surface area (Å²) in [7, 11) is 0. The molecule has 0 aliphatic carbocycles. The average molecular weight is 446 g/mol. The van der Waals surface area contributed by atoms with E-state index in [0.29, 0.717) is 6.04 Å². The Bertz CT molecular complexity index is 454. The molecule has 24 heavy (non-hydrogen) atoms. The largest absolute Gasteiger partial charge is 0.357 e. The molecule has 0 aliphatic heterocycles. The number of aliphatic imine (C=N–C) groups is 1. The van der Waals surface area contributed by atoms with Gasteiger partial charge < -0.3 is 16.0 Å². The molecular formula is C19H35IN4. The second-order valence-electron chi connectivity index (χ2n) is 7.01. The zero-order chi connectivity index (χ0) is 17.1.